The first-order valence-electron chi connectivity index (χ1n) is 5.40. The van der Waals surface area contributed by atoms with E-state index in [1.54, 1.807) is 12.3 Å². The Morgan fingerprint density at radius 3 is 3.00 bits per heavy atom. The van der Waals surface area contributed by atoms with Gasteiger partial charge in [0.25, 0.3) is 0 Å². The summed E-state index contributed by atoms with van der Waals surface area (Å²) in [7, 11) is 0. The van der Waals surface area contributed by atoms with Gasteiger partial charge in [-0.25, -0.2) is 9.37 Å². The molecule has 90 valence electrons. The molecule has 0 spiro atoms. The van der Waals surface area contributed by atoms with E-state index in [9.17, 15) is 4.39 Å². The van der Waals surface area contributed by atoms with Gasteiger partial charge >= 0.3 is 0 Å². The highest BCUT2D eigenvalue weighted by Gasteiger charge is 2.00. The molecule has 0 amide bonds. The molecule has 0 saturated heterocycles. The standard InChI is InChI=1S/C12H13FIN3/c13-10-2-3-12(11(14)8-10)16-4-1-6-17-7-5-15-9-17/h2-3,5,7-9,16H,1,4,6H2. The molecule has 0 aliphatic rings. The summed E-state index contributed by atoms with van der Waals surface area (Å²) in [6.07, 6.45) is 6.53. The number of aromatic nitrogens is 2. The fourth-order valence-corrected chi connectivity index (χ4v) is 2.20. The second-order valence-corrected chi connectivity index (χ2v) is 4.87. The van der Waals surface area contributed by atoms with Gasteiger partial charge in [0.2, 0.25) is 0 Å². The molecule has 0 fully saturated rings. The molecule has 2 aromatic rings. The quantitative estimate of drug-likeness (QED) is 0.667. The summed E-state index contributed by atoms with van der Waals surface area (Å²) in [6, 6.07) is 4.77. The third-order valence-corrected chi connectivity index (χ3v) is 3.29. The highest BCUT2D eigenvalue weighted by atomic mass is 127. The molecule has 0 bridgehead atoms. The number of imidazole rings is 1. The highest BCUT2D eigenvalue weighted by molar-refractivity contribution is 14.1. The van der Waals surface area contributed by atoms with Gasteiger partial charge in [0, 0.05) is 34.7 Å². The van der Waals surface area contributed by atoms with Gasteiger partial charge < -0.3 is 9.88 Å². The molecule has 5 heteroatoms. The van der Waals surface area contributed by atoms with Crippen molar-refractivity contribution in [1.82, 2.24) is 9.55 Å². The molecule has 0 aliphatic carbocycles. The van der Waals surface area contributed by atoms with Gasteiger partial charge in [-0.05, 0) is 47.2 Å². The summed E-state index contributed by atoms with van der Waals surface area (Å²) in [5, 5.41) is 3.29. The van der Waals surface area contributed by atoms with E-state index in [2.05, 4.69) is 32.9 Å². The van der Waals surface area contributed by atoms with Crippen molar-refractivity contribution in [1.29, 1.82) is 0 Å². The molecule has 1 aromatic carbocycles. The smallest absolute Gasteiger partial charge is 0.124 e. The zero-order chi connectivity index (χ0) is 12.1. The molecule has 2 rings (SSSR count). The van der Waals surface area contributed by atoms with Crippen LogP contribution in [0.2, 0.25) is 0 Å². The molecule has 1 heterocycles. The molecular formula is C12H13FIN3. The lowest BCUT2D eigenvalue weighted by Crippen LogP contribution is -2.06. The van der Waals surface area contributed by atoms with Crippen LogP contribution < -0.4 is 5.32 Å². The molecule has 0 saturated carbocycles. The molecule has 0 radical (unpaired) electrons. The summed E-state index contributed by atoms with van der Waals surface area (Å²) in [6.45, 7) is 1.80. The number of hydrogen-bond donors (Lipinski definition) is 1. The second-order valence-electron chi connectivity index (χ2n) is 3.71. The molecule has 0 aliphatic heterocycles. The summed E-state index contributed by atoms with van der Waals surface area (Å²) < 4.78 is 15.8. The lowest BCUT2D eigenvalue weighted by molar-refractivity contribution is 0.626. The van der Waals surface area contributed by atoms with Gasteiger partial charge in [-0.15, -0.1) is 0 Å². The van der Waals surface area contributed by atoms with Crippen LogP contribution in [0.4, 0.5) is 10.1 Å². The van der Waals surface area contributed by atoms with Crippen LogP contribution in [0.5, 0.6) is 0 Å². The third kappa shape index (κ3) is 3.69. The number of aryl methyl sites for hydroxylation is 1. The van der Waals surface area contributed by atoms with Crippen molar-refractivity contribution >= 4 is 28.3 Å². The van der Waals surface area contributed by atoms with Crippen LogP contribution in [-0.2, 0) is 6.54 Å². The maximum Gasteiger partial charge on any atom is 0.124 e. The van der Waals surface area contributed by atoms with E-state index >= 15 is 0 Å². The minimum Gasteiger partial charge on any atom is -0.384 e. The zero-order valence-corrected chi connectivity index (χ0v) is 11.4. The lowest BCUT2D eigenvalue weighted by Gasteiger charge is -2.08. The summed E-state index contributed by atoms with van der Waals surface area (Å²) in [4.78, 5) is 3.98. The Balaban J connectivity index is 1.78. The topological polar surface area (TPSA) is 29.9 Å². The van der Waals surface area contributed by atoms with Crippen LogP contribution in [0.3, 0.4) is 0 Å². The number of rotatable bonds is 5. The molecule has 3 nitrogen and oxygen atoms in total. The first-order valence-corrected chi connectivity index (χ1v) is 6.48. The monoisotopic (exact) mass is 345 g/mol. The van der Waals surface area contributed by atoms with Crippen molar-refractivity contribution in [2.24, 2.45) is 0 Å². The lowest BCUT2D eigenvalue weighted by atomic mass is 10.3. The van der Waals surface area contributed by atoms with E-state index in [-0.39, 0.29) is 5.82 Å². The highest BCUT2D eigenvalue weighted by Crippen LogP contribution is 2.18. The van der Waals surface area contributed by atoms with E-state index in [0.717, 1.165) is 28.8 Å². The van der Waals surface area contributed by atoms with E-state index in [4.69, 9.17) is 0 Å². The van der Waals surface area contributed by atoms with Crippen LogP contribution in [0, 0.1) is 9.39 Å². The molecule has 0 atom stereocenters. The Morgan fingerprint density at radius 2 is 2.29 bits per heavy atom. The van der Waals surface area contributed by atoms with E-state index in [1.165, 1.54) is 12.1 Å². The SMILES string of the molecule is Fc1ccc(NCCCn2ccnc2)c(I)c1. The maximum atomic E-state index is 12.9. The van der Waals surface area contributed by atoms with Gasteiger partial charge in [-0.1, -0.05) is 0 Å². The Labute approximate surface area is 113 Å². The van der Waals surface area contributed by atoms with Gasteiger partial charge in [-0.3, -0.25) is 0 Å². The van der Waals surface area contributed by atoms with Crippen molar-refractivity contribution in [3.63, 3.8) is 0 Å². The Kier molecular flexibility index (Phi) is 4.36. The number of benzene rings is 1. The van der Waals surface area contributed by atoms with E-state index in [0.29, 0.717) is 0 Å². The Bertz CT molecular complexity index is 471. The molecule has 1 aromatic heterocycles. The maximum absolute atomic E-state index is 12.9. The minimum atomic E-state index is -0.196. The summed E-state index contributed by atoms with van der Waals surface area (Å²) >= 11 is 2.13. The Hall–Kier alpha value is -1.11. The minimum absolute atomic E-state index is 0.196. The number of anilines is 1. The number of hydrogen-bond acceptors (Lipinski definition) is 2. The molecular weight excluding hydrogens is 332 g/mol. The number of halogens is 2. The normalized spacial score (nSPS) is 10.5. The fraction of sp³-hybridized carbons (Fsp3) is 0.250. The van der Waals surface area contributed by atoms with Crippen molar-refractivity contribution in [2.45, 2.75) is 13.0 Å². The van der Waals surface area contributed by atoms with Gasteiger partial charge in [0.15, 0.2) is 0 Å². The van der Waals surface area contributed by atoms with E-state index < -0.39 is 0 Å². The van der Waals surface area contributed by atoms with Gasteiger partial charge in [-0.2, -0.15) is 0 Å². The third-order valence-electron chi connectivity index (χ3n) is 2.40. The molecule has 0 unspecified atom stereocenters. The van der Waals surface area contributed by atoms with Crippen molar-refractivity contribution in [3.05, 3.63) is 46.3 Å². The van der Waals surface area contributed by atoms with Crippen molar-refractivity contribution in [3.8, 4) is 0 Å². The predicted molar refractivity (Wildman–Crippen MR) is 74.5 cm³/mol. The summed E-state index contributed by atoms with van der Waals surface area (Å²) in [5.41, 5.74) is 0.984. The number of nitrogens with zero attached hydrogens (tertiary/aromatic N) is 2. The second kappa shape index (κ2) is 6.00. The van der Waals surface area contributed by atoms with Crippen LogP contribution in [0.15, 0.2) is 36.9 Å². The van der Waals surface area contributed by atoms with Crippen molar-refractivity contribution < 1.29 is 4.39 Å². The van der Waals surface area contributed by atoms with E-state index in [1.807, 2.05) is 17.1 Å². The average Bonchev–Trinajstić information content (AvgIpc) is 2.79. The van der Waals surface area contributed by atoms with Crippen LogP contribution >= 0.6 is 22.6 Å². The van der Waals surface area contributed by atoms with Crippen molar-refractivity contribution in [2.75, 3.05) is 11.9 Å². The average molecular weight is 345 g/mol. The van der Waals surface area contributed by atoms with Crippen LogP contribution in [0.25, 0.3) is 0 Å². The largest absolute Gasteiger partial charge is 0.384 e. The predicted octanol–water partition coefficient (Wildman–Crippen LogP) is 3.13. The molecule has 17 heavy (non-hydrogen) atoms. The van der Waals surface area contributed by atoms with Crippen LogP contribution in [0.1, 0.15) is 6.42 Å². The molecule has 1 N–H and O–H groups in total. The number of nitrogens with one attached hydrogen (secondary N) is 1. The van der Waals surface area contributed by atoms with Gasteiger partial charge in [0.1, 0.15) is 5.82 Å². The fourth-order valence-electron chi connectivity index (χ4n) is 1.54. The zero-order valence-electron chi connectivity index (χ0n) is 9.24. The Morgan fingerprint density at radius 1 is 1.41 bits per heavy atom. The summed E-state index contributed by atoms with van der Waals surface area (Å²) in [5.74, 6) is -0.196. The van der Waals surface area contributed by atoms with Gasteiger partial charge in [0.05, 0.1) is 6.33 Å². The first kappa shape index (κ1) is 12.3. The van der Waals surface area contributed by atoms with Crippen LogP contribution in [-0.4, -0.2) is 16.1 Å². The first-order chi connectivity index (χ1) is 8.25.